The predicted molar refractivity (Wildman–Crippen MR) is 117 cm³/mol. The number of hydrogen-bond donors (Lipinski definition) is 0. The Kier molecular flexibility index (Phi) is 6.31. The van der Waals surface area contributed by atoms with E-state index in [1.54, 1.807) is 30.9 Å². The van der Waals surface area contributed by atoms with Gasteiger partial charge in [-0.1, -0.05) is 6.07 Å². The van der Waals surface area contributed by atoms with Crippen LogP contribution in [0.1, 0.15) is 15.9 Å². The lowest BCUT2D eigenvalue weighted by Crippen LogP contribution is -2.33. The number of nitro groups is 1. The van der Waals surface area contributed by atoms with Crippen LogP contribution < -0.4 is 4.74 Å². The molecule has 3 heterocycles. The third kappa shape index (κ3) is 4.98. The van der Waals surface area contributed by atoms with Crippen LogP contribution >= 0.6 is 0 Å². The maximum atomic E-state index is 14.1. The van der Waals surface area contributed by atoms with E-state index < -0.39 is 16.6 Å². The minimum Gasteiger partial charge on any atom is -0.444 e. The molecule has 0 unspecified atom stereocenters. The van der Waals surface area contributed by atoms with Crippen molar-refractivity contribution in [2.24, 2.45) is 0 Å². The number of imidazole rings is 1. The zero-order chi connectivity index (χ0) is 23.5. The molecular weight excluding hydrogens is 431 g/mol. The van der Waals surface area contributed by atoms with Crippen molar-refractivity contribution in [3.05, 3.63) is 69.8 Å². The molecule has 10 nitrogen and oxygen atoms in total. The molecule has 0 saturated heterocycles. The molecule has 4 rings (SSSR count). The van der Waals surface area contributed by atoms with Crippen molar-refractivity contribution in [3.8, 4) is 17.3 Å². The van der Waals surface area contributed by atoms with E-state index in [-0.39, 0.29) is 17.4 Å². The van der Waals surface area contributed by atoms with E-state index in [1.807, 2.05) is 12.1 Å². The Balaban J connectivity index is 1.44. The number of ether oxygens (including phenoxy) is 1. The van der Waals surface area contributed by atoms with Gasteiger partial charge in [-0.05, 0) is 34.8 Å². The number of aromatic nitrogens is 3. The molecule has 11 heteroatoms. The highest BCUT2D eigenvalue weighted by atomic mass is 19.1. The summed E-state index contributed by atoms with van der Waals surface area (Å²) in [5, 5.41) is 10.9. The minimum absolute atomic E-state index is 0.00289. The molecule has 172 valence electrons. The van der Waals surface area contributed by atoms with Crippen LogP contribution in [0.15, 0.2) is 42.7 Å². The van der Waals surface area contributed by atoms with E-state index in [0.29, 0.717) is 44.0 Å². The highest BCUT2D eigenvalue weighted by molar-refractivity contribution is 5.95. The lowest BCUT2D eigenvalue weighted by molar-refractivity contribution is -0.389. The first kappa shape index (κ1) is 22.3. The topological polar surface area (TPSA) is 107 Å². The first-order valence-corrected chi connectivity index (χ1v) is 10.3. The number of pyridine rings is 1. The van der Waals surface area contributed by atoms with Crippen LogP contribution in [0.4, 0.5) is 10.2 Å². The van der Waals surface area contributed by atoms with Crippen molar-refractivity contribution >= 4 is 11.7 Å². The monoisotopic (exact) mass is 454 g/mol. The van der Waals surface area contributed by atoms with Gasteiger partial charge < -0.3 is 19.8 Å². The second-order valence-corrected chi connectivity index (χ2v) is 7.90. The average Bonchev–Trinajstić information content (AvgIpc) is 3.18. The molecule has 1 amide bonds. The van der Waals surface area contributed by atoms with Crippen molar-refractivity contribution in [3.63, 3.8) is 0 Å². The number of amides is 1. The van der Waals surface area contributed by atoms with Gasteiger partial charge in [-0.3, -0.25) is 19.2 Å². The summed E-state index contributed by atoms with van der Waals surface area (Å²) in [4.78, 5) is 34.5. The number of fused-ring (bicyclic) bond motifs is 1. The van der Waals surface area contributed by atoms with Crippen LogP contribution in [-0.4, -0.2) is 69.0 Å². The summed E-state index contributed by atoms with van der Waals surface area (Å²) in [6.07, 6.45) is 3.13. The Morgan fingerprint density at radius 3 is 2.76 bits per heavy atom. The second-order valence-electron chi connectivity index (χ2n) is 7.90. The smallest absolute Gasteiger partial charge is 0.414 e. The Morgan fingerprint density at radius 1 is 1.24 bits per heavy atom. The zero-order valence-corrected chi connectivity index (χ0v) is 18.3. The Bertz CT molecular complexity index is 1180. The van der Waals surface area contributed by atoms with Gasteiger partial charge in [0.2, 0.25) is 0 Å². The fourth-order valence-corrected chi connectivity index (χ4v) is 3.57. The van der Waals surface area contributed by atoms with Gasteiger partial charge in [0, 0.05) is 57.0 Å². The maximum Gasteiger partial charge on any atom is 0.414 e. The highest BCUT2D eigenvalue weighted by Gasteiger charge is 2.23. The molecule has 0 atom stereocenters. The van der Waals surface area contributed by atoms with Gasteiger partial charge in [-0.2, -0.15) is 0 Å². The molecule has 3 aromatic rings. The number of halogens is 1. The fourth-order valence-electron chi connectivity index (χ4n) is 3.57. The molecule has 0 spiro atoms. The predicted octanol–water partition coefficient (Wildman–Crippen LogP) is 2.59. The quantitative estimate of drug-likeness (QED) is 0.431. The van der Waals surface area contributed by atoms with Gasteiger partial charge in [0.25, 0.3) is 5.91 Å². The first-order valence-electron chi connectivity index (χ1n) is 10.3. The molecule has 0 aliphatic carbocycles. The molecule has 1 aliphatic rings. The van der Waals surface area contributed by atoms with E-state index in [1.165, 1.54) is 23.2 Å². The van der Waals surface area contributed by atoms with Crippen molar-refractivity contribution in [2.75, 3.05) is 33.8 Å². The Labute approximate surface area is 189 Å². The highest BCUT2D eigenvalue weighted by Crippen LogP contribution is 2.23. The van der Waals surface area contributed by atoms with E-state index in [9.17, 15) is 19.3 Å². The van der Waals surface area contributed by atoms with Gasteiger partial charge in [-0.25, -0.2) is 4.39 Å². The summed E-state index contributed by atoms with van der Waals surface area (Å²) in [6, 6.07) is 8.42. The summed E-state index contributed by atoms with van der Waals surface area (Å²) in [6.45, 7) is 2.80. The van der Waals surface area contributed by atoms with E-state index in [4.69, 9.17) is 4.74 Å². The molecule has 0 fully saturated rings. The van der Waals surface area contributed by atoms with Crippen molar-refractivity contribution in [1.29, 1.82) is 0 Å². The van der Waals surface area contributed by atoms with E-state index in [2.05, 4.69) is 14.9 Å². The maximum absolute atomic E-state index is 14.1. The van der Waals surface area contributed by atoms with Crippen molar-refractivity contribution in [2.45, 2.75) is 13.1 Å². The Morgan fingerprint density at radius 2 is 2.06 bits per heavy atom. The largest absolute Gasteiger partial charge is 0.444 e. The van der Waals surface area contributed by atoms with Crippen LogP contribution in [0.5, 0.6) is 6.01 Å². The zero-order valence-electron chi connectivity index (χ0n) is 18.3. The standard InChI is InChI=1S/C22H23FN6O4/c1-26(2)21(30)17-11-16(4-5-18(17)23)19-6-3-15(12-24-19)13-27-7-8-28-14-20(29(31)32)25-22(28)33-10-9-27/h3-6,11-12,14H,7-10,13H2,1-2H3. The molecule has 0 N–H and O–H groups in total. The fraction of sp³-hybridized carbons (Fsp3) is 0.318. The van der Waals surface area contributed by atoms with Gasteiger partial charge in [-0.15, -0.1) is 0 Å². The van der Waals surface area contributed by atoms with Crippen LogP contribution in [0.2, 0.25) is 0 Å². The van der Waals surface area contributed by atoms with E-state index in [0.717, 1.165) is 5.56 Å². The molecule has 0 bridgehead atoms. The normalized spacial score (nSPS) is 14.0. The third-order valence-corrected chi connectivity index (χ3v) is 5.34. The van der Waals surface area contributed by atoms with Crippen molar-refractivity contribution < 1.29 is 18.8 Å². The number of benzene rings is 1. The van der Waals surface area contributed by atoms with Crippen LogP contribution in [0.25, 0.3) is 11.3 Å². The minimum atomic E-state index is -0.570. The number of nitrogens with zero attached hydrogens (tertiary/aromatic N) is 6. The van der Waals surface area contributed by atoms with Crippen LogP contribution in [-0.2, 0) is 13.1 Å². The number of carbonyl (C=O) groups is 1. The molecule has 0 radical (unpaired) electrons. The van der Waals surface area contributed by atoms with Gasteiger partial charge in [0.15, 0.2) is 0 Å². The van der Waals surface area contributed by atoms with Gasteiger partial charge in [0.1, 0.15) is 18.6 Å². The summed E-state index contributed by atoms with van der Waals surface area (Å²) in [7, 11) is 3.15. The molecular formula is C22H23FN6O4. The third-order valence-electron chi connectivity index (χ3n) is 5.34. The SMILES string of the molecule is CN(C)C(=O)c1cc(-c2ccc(CN3CCOc4nc([N+](=O)[O-])cn4CC3)cn2)ccc1F. The summed E-state index contributed by atoms with van der Waals surface area (Å²) in [5.41, 5.74) is 2.27. The second kappa shape index (κ2) is 9.33. The lowest BCUT2D eigenvalue weighted by Gasteiger charge is -2.24. The first-order chi connectivity index (χ1) is 15.8. The average molecular weight is 454 g/mol. The van der Waals surface area contributed by atoms with Crippen molar-refractivity contribution in [1.82, 2.24) is 24.3 Å². The summed E-state index contributed by atoms with van der Waals surface area (Å²) >= 11 is 0. The summed E-state index contributed by atoms with van der Waals surface area (Å²) < 4.78 is 21.3. The number of rotatable bonds is 5. The van der Waals surface area contributed by atoms with Crippen LogP contribution in [0.3, 0.4) is 0 Å². The summed E-state index contributed by atoms with van der Waals surface area (Å²) in [5.74, 6) is -1.20. The Hall–Kier alpha value is -3.86. The molecule has 1 aliphatic heterocycles. The molecule has 0 saturated carbocycles. The molecule has 1 aromatic carbocycles. The van der Waals surface area contributed by atoms with E-state index >= 15 is 0 Å². The number of hydrogen-bond acceptors (Lipinski definition) is 7. The lowest BCUT2D eigenvalue weighted by atomic mass is 10.1. The number of carbonyl (C=O) groups excluding carboxylic acids is 1. The van der Waals surface area contributed by atoms with Crippen LogP contribution in [0, 0.1) is 15.9 Å². The van der Waals surface area contributed by atoms with Gasteiger partial charge in [0.05, 0.1) is 11.3 Å². The molecule has 33 heavy (non-hydrogen) atoms. The van der Waals surface area contributed by atoms with Gasteiger partial charge >= 0.3 is 11.8 Å². The molecule has 2 aromatic heterocycles.